The minimum atomic E-state index is -0.768. The van der Waals surface area contributed by atoms with Crippen LogP contribution >= 0.6 is 15.9 Å². The molecule has 2 aromatic carbocycles. The van der Waals surface area contributed by atoms with Crippen molar-refractivity contribution in [3.63, 3.8) is 0 Å². The second-order valence-electron chi connectivity index (χ2n) is 6.05. The van der Waals surface area contributed by atoms with Crippen molar-refractivity contribution in [1.82, 2.24) is 0 Å². The first-order chi connectivity index (χ1) is 14.2. The number of hydrogen-bond donors (Lipinski definition) is 2. The van der Waals surface area contributed by atoms with Gasteiger partial charge in [0.2, 0.25) is 5.75 Å². The number of nitrogens with two attached hydrogens (primary N) is 1. The van der Waals surface area contributed by atoms with Gasteiger partial charge in [0.1, 0.15) is 0 Å². The van der Waals surface area contributed by atoms with Crippen molar-refractivity contribution in [2.45, 2.75) is 6.92 Å². The minimum Gasteiger partial charge on any atom is -0.493 e. The lowest BCUT2D eigenvalue weighted by molar-refractivity contribution is -0.120. The third kappa shape index (κ3) is 6.11. The first kappa shape index (κ1) is 23.0. The van der Waals surface area contributed by atoms with E-state index in [9.17, 15) is 14.4 Å². The normalized spacial score (nSPS) is 10.1. The molecule has 0 radical (unpaired) electrons. The largest absolute Gasteiger partial charge is 0.493 e. The summed E-state index contributed by atoms with van der Waals surface area (Å²) in [6, 6.07) is 8.06. The zero-order chi connectivity index (χ0) is 22.3. The summed E-state index contributed by atoms with van der Waals surface area (Å²) in [7, 11) is 2.71. The van der Waals surface area contributed by atoms with E-state index in [2.05, 4.69) is 21.2 Å². The third-order valence-corrected chi connectivity index (χ3v) is 4.35. The van der Waals surface area contributed by atoms with Crippen LogP contribution in [0.5, 0.6) is 17.2 Å². The maximum absolute atomic E-state index is 12.4. The molecule has 0 bridgehead atoms. The molecule has 0 atom stereocenters. The maximum atomic E-state index is 12.4. The number of anilines is 1. The van der Waals surface area contributed by atoms with Gasteiger partial charge < -0.3 is 30.0 Å². The molecule has 0 fully saturated rings. The predicted octanol–water partition coefficient (Wildman–Crippen LogP) is 2.43. The van der Waals surface area contributed by atoms with Gasteiger partial charge in [0.25, 0.3) is 11.8 Å². The van der Waals surface area contributed by atoms with Crippen molar-refractivity contribution < 1.29 is 33.3 Å². The van der Waals surface area contributed by atoms with Crippen molar-refractivity contribution in [1.29, 1.82) is 0 Å². The smallest absolute Gasteiger partial charge is 0.338 e. The fourth-order valence-corrected chi connectivity index (χ4v) is 2.93. The van der Waals surface area contributed by atoms with E-state index in [0.29, 0.717) is 5.69 Å². The van der Waals surface area contributed by atoms with Crippen LogP contribution in [0.4, 0.5) is 5.69 Å². The maximum Gasteiger partial charge on any atom is 0.338 e. The molecular weight excluding hydrogens is 460 g/mol. The van der Waals surface area contributed by atoms with Crippen LogP contribution in [0, 0.1) is 6.92 Å². The Hall–Kier alpha value is -3.27. The van der Waals surface area contributed by atoms with Crippen LogP contribution in [0.3, 0.4) is 0 Å². The molecule has 0 saturated carbocycles. The van der Waals surface area contributed by atoms with Crippen LogP contribution < -0.4 is 25.3 Å². The first-order valence-corrected chi connectivity index (χ1v) is 9.44. The van der Waals surface area contributed by atoms with E-state index in [0.717, 1.165) is 10.0 Å². The van der Waals surface area contributed by atoms with E-state index in [4.69, 9.17) is 24.7 Å². The number of primary amides is 1. The van der Waals surface area contributed by atoms with Crippen LogP contribution in [0.1, 0.15) is 15.9 Å². The Balaban J connectivity index is 2.08. The highest BCUT2D eigenvalue weighted by Gasteiger charge is 2.20. The minimum absolute atomic E-state index is 0.0720. The van der Waals surface area contributed by atoms with Crippen molar-refractivity contribution in [3.8, 4) is 17.2 Å². The molecule has 160 valence electrons. The number of carbonyl (C=O) groups is 3. The number of aryl methyl sites for hydroxylation is 1. The summed E-state index contributed by atoms with van der Waals surface area (Å²) in [6.07, 6.45) is 0. The van der Waals surface area contributed by atoms with Crippen molar-refractivity contribution >= 4 is 39.4 Å². The lowest BCUT2D eigenvalue weighted by Gasteiger charge is -2.15. The Morgan fingerprint density at radius 1 is 1.03 bits per heavy atom. The Kier molecular flexibility index (Phi) is 8.05. The molecule has 30 heavy (non-hydrogen) atoms. The molecule has 0 aliphatic carbocycles. The average Bonchev–Trinajstić information content (AvgIpc) is 2.71. The standard InChI is InChI=1S/C20H21BrN2O7/c1-11-6-13(21)4-5-14(11)23-18(25)10-30-20(26)12-7-15(27-2)19(16(8-12)28-3)29-9-17(22)24/h4-8H,9-10H2,1-3H3,(H2,22,24)(H,23,25). The number of amides is 2. The van der Waals surface area contributed by atoms with Crippen molar-refractivity contribution in [2.24, 2.45) is 5.73 Å². The number of nitrogens with one attached hydrogen (secondary N) is 1. The Morgan fingerprint density at radius 2 is 1.67 bits per heavy atom. The number of ether oxygens (including phenoxy) is 4. The molecule has 10 heteroatoms. The van der Waals surface area contributed by atoms with Crippen LogP contribution in [0.15, 0.2) is 34.8 Å². The molecule has 9 nitrogen and oxygen atoms in total. The number of benzene rings is 2. The zero-order valence-electron chi connectivity index (χ0n) is 16.6. The molecule has 3 N–H and O–H groups in total. The fraction of sp³-hybridized carbons (Fsp3) is 0.250. The van der Waals surface area contributed by atoms with Crippen LogP contribution in [0.25, 0.3) is 0 Å². The average molecular weight is 481 g/mol. The molecule has 2 rings (SSSR count). The molecule has 0 aliphatic rings. The SMILES string of the molecule is COc1cc(C(=O)OCC(=O)Nc2ccc(Br)cc2C)cc(OC)c1OCC(N)=O. The molecule has 0 heterocycles. The van der Waals surface area contributed by atoms with Gasteiger partial charge in [0.05, 0.1) is 19.8 Å². The Labute approximate surface area is 181 Å². The summed E-state index contributed by atoms with van der Waals surface area (Å²) in [5, 5.41) is 2.68. The van der Waals surface area contributed by atoms with Gasteiger partial charge in [-0.25, -0.2) is 4.79 Å². The summed E-state index contributed by atoms with van der Waals surface area (Å²) in [5.74, 6) is -1.56. The predicted molar refractivity (Wildman–Crippen MR) is 112 cm³/mol. The third-order valence-electron chi connectivity index (χ3n) is 3.85. The summed E-state index contributed by atoms with van der Waals surface area (Å²) in [5.41, 5.74) is 6.61. The molecule has 2 amide bonds. The van der Waals surface area contributed by atoms with E-state index in [1.807, 2.05) is 13.0 Å². The van der Waals surface area contributed by atoms with Gasteiger partial charge in [-0.15, -0.1) is 0 Å². The second kappa shape index (κ2) is 10.5. The molecule has 0 aliphatic heterocycles. The summed E-state index contributed by atoms with van der Waals surface area (Å²) >= 11 is 3.35. The fourth-order valence-electron chi connectivity index (χ4n) is 2.45. The molecule has 0 saturated heterocycles. The molecule has 0 unspecified atom stereocenters. The number of rotatable bonds is 9. The first-order valence-electron chi connectivity index (χ1n) is 8.65. The van der Waals surface area contributed by atoms with Gasteiger partial charge in [0.15, 0.2) is 24.7 Å². The number of halogens is 1. The van der Waals surface area contributed by atoms with Gasteiger partial charge in [-0.2, -0.15) is 0 Å². The number of carbonyl (C=O) groups excluding carboxylic acids is 3. The van der Waals surface area contributed by atoms with Crippen molar-refractivity contribution in [3.05, 3.63) is 45.9 Å². The van der Waals surface area contributed by atoms with Gasteiger partial charge >= 0.3 is 5.97 Å². The number of esters is 1. The van der Waals surface area contributed by atoms with Crippen LogP contribution in [-0.4, -0.2) is 45.2 Å². The van der Waals surface area contributed by atoms with E-state index in [1.165, 1.54) is 26.4 Å². The molecule has 0 spiro atoms. The summed E-state index contributed by atoms with van der Waals surface area (Å²) in [4.78, 5) is 35.5. The monoisotopic (exact) mass is 480 g/mol. The quantitative estimate of drug-likeness (QED) is 0.527. The highest BCUT2D eigenvalue weighted by Crippen LogP contribution is 2.38. The zero-order valence-corrected chi connectivity index (χ0v) is 18.2. The molecular formula is C20H21BrN2O7. The van der Waals surface area contributed by atoms with E-state index in [1.54, 1.807) is 12.1 Å². The van der Waals surface area contributed by atoms with Crippen LogP contribution in [0.2, 0.25) is 0 Å². The van der Waals surface area contributed by atoms with E-state index in [-0.39, 0.29) is 22.8 Å². The topological polar surface area (TPSA) is 126 Å². The Bertz CT molecular complexity index is 937. The van der Waals surface area contributed by atoms with Gasteiger partial charge in [-0.3, -0.25) is 9.59 Å². The van der Waals surface area contributed by atoms with Crippen molar-refractivity contribution in [2.75, 3.05) is 32.8 Å². The Morgan fingerprint density at radius 3 is 2.20 bits per heavy atom. The lowest BCUT2D eigenvalue weighted by Crippen LogP contribution is -2.22. The number of methoxy groups -OCH3 is 2. The van der Waals surface area contributed by atoms with Gasteiger partial charge in [-0.05, 0) is 42.8 Å². The molecule has 2 aromatic rings. The lowest BCUT2D eigenvalue weighted by atomic mass is 10.2. The highest BCUT2D eigenvalue weighted by molar-refractivity contribution is 9.10. The van der Waals surface area contributed by atoms with Gasteiger partial charge in [-0.1, -0.05) is 15.9 Å². The number of hydrogen-bond acceptors (Lipinski definition) is 7. The summed E-state index contributed by atoms with van der Waals surface area (Å²) < 4.78 is 21.6. The highest BCUT2D eigenvalue weighted by atomic mass is 79.9. The van der Waals surface area contributed by atoms with E-state index < -0.39 is 31.0 Å². The van der Waals surface area contributed by atoms with Gasteiger partial charge in [0, 0.05) is 10.2 Å². The molecule has 0 aromatic heterocycles. The second-order valence-corrected chi connectivity index (χ2v) is 6.96. The summed E-state index contributed by atoms with van der Waals surface area (Å²) in [6.45, 7) is 0.956. The van der Waals surface area contributed by atoms with E-state index >= 15 is 0 Å². The van der Waals surface area contributed by atoms with Crippen LogP contribution in [-0.2, 0) is 14.3 Å².